The zero-order valence-electron chi connectivity index (χ0n) is 20.8. The molecule has 0 aliphatic heterocycles. The summed E-state index contributed by atoms with van der Waals surface area (Å²) in [6.07, 6.45) is 6.63. The molecule has 0 amide bonds. The number of hydrogen-bond acceptors (Lipinski definition) is 0. The molecule has 0 aliphatic carbocycles. The van der Waals surface area contributed by atoms with Gasteiger partial charge in [0.15, 0.2) is 0 Å². The molecule has 1 unspecified atom stereocenters. The first-order chi connectivity index (χ1) is 14.6. The van der Waals surface area contributed by atoms with Crippen LogP contribution in [0.4, 0.5) is 0 Å². The second kappa shape index (κ2) is 19.6. The first kappa shape index (κ1) is 34.5. The zero-order valence-corrected chi connectivity index (χ0v) is 25.8. The van der Waals surface area contributed by atoms with Crippen LogP contribution in [0.1, 0.15) is 50.7 Å². The van der Waals surface area contributed by atoms with Crippen molar-refractivity contribution in [1.29, 1.82) is 0 Å². The number of unbranched alkanes of at least 4 members (excludes halogenated alkanes) is 1. The van der Waals surface area contributed by atoms with Gasteiger partial charge in [-0.3, -0.25) is 0 Å². The minimum Gasteiger partial charge on any atom is -1.00 e. The Balaban J connectivity index is 0. The van der Waals surface area contributed by atoms with E-state index in [1.807, 2.05) is 0 Å². The zero-order chi connectivity index (χ0) is 21.8. The summed E-state index contributed by atoms with van der Waals surface area (Å²) in [5, 5.41) is 5.58. The Morgan fingerprint density at radius 1 is 0.818 bits per heavy atom. The van der Waals surface area contributed by atoms with Gasteiger partial charge < -0.3 is 24.8 Å². The van der Waals surface area contributed by atoms with Crippen molar-refractivity contribution in [2.24, 2.45) is 5.92 Å². The van der Waals surface area contributed by atoms with E-state index in [1.54, 1.807) is 5.56 Å². The van der Waals surface area contributed by atoms with E-state index < -0.39 is 0 Å². The summed E-state index contributed by atoms with van der Waals surface area (Å²) in [6, 6.07) is 26.1. The Morgan fingerprint density at radius 3 is 1.88 bits per heavy atom. The summed E-state index contributed by atoms with van der Waals surface area (Å²) in [5.74, 6) is 0.862. The minimum absolute atomic E-state index is 0. The number of halogens is 2. The molecular formula is C29H38Cl2SiZr. The quantitative estimate of drug-likeness (QED) is 0.245. The average Bonchev–Trinajstić information content (AvgIpc) is 3.36. The van der Waals surface area contributed by atoms with E-state index in [-0.39, 0.29) is 51.0 Å². The Bertz CT molecular complexity index is 989. The normalized spacial score (nSPS) is 10.5. The maximum atomic E-state index is 2.32. The molecule has 0 spiro atoms. The number of fused-ring (bicyclic) bond motifs is 2. The van der Waals surface area contributed by atoms with E-state index in [2.05, 4.69) is 107 Å². The van der Waals surface area contributed by atoms with Gasteiger partial charge in [0.05, 0.1) is 0 Å². The first-order valence-corrected chi connectivity index (χ1v) is 13.5. The second-order valence-corrected chi connectivity index (χ2v) is 9.17. The number of aryl methyl sites for hydroxylation is 1. The van der Waals surface area contributed by atoms with Gasteiger partial charge in [-0.25, -0.2) is 0 Å². The second-order valence-electron chi connectivity index (χ2n) is 8.17. The van der Waals surface area contributed by atoms with Gasteiger partial charge in [0.25, 0.3) is 0 Å². The summed E-state index contributed by atoms with van der Waals surface area (Å²) < 4.78 is 0. The topological polar surface area (TPSA) is 0 Å². The van der Waals surface area contributed by atoms with E-state index in [4.69, 9.17) is 0 Å². The predicted molar refractivity (Wildman–Crippen MR) is 138 cm³/mol. The summed E-state index contributed by atoms with van der Waals surface area (Å²) >= 11 is 0. The minimum atomic E-state index is 0. The average molecular weight is 577 g/mol. The summed E-state index contributed by atoms with van der Waals surface area (Å²) in [7, 11) is 1.08. The van der Waals surface area contributed by atoms with Crippen molar-refractivity contribution in [2.75, 3.05) is 0 Å². The van der Waals surface area contributed by atoms with E-state index in [9.17, 15) is 0 Å². The molecule has 0 nitrogen and oxygen atoms in total. The van der Waals surface area contributed by atoms with Gasteiger partial charge in [-0.05, 0) is 5.92 Å². The van der Waals surface area contributed by atoms with Crippen molar-refractivity contribution in [3.8, 4) is 0 Å². The molecule has 4 rings (SSSR count). The molecular weight excluding hydrogens is 539 g/mol. The molecule has 1 atom stereocenters. The number of hydrogen-bond donors (Lipinski definition) is 0. The van der Waals surface area contributed by atoms with Gasteiger partial charge in [0.2, 0.25) is 0 Å². The Morgan fingerprint density at radius 2 is 1.33 bits per heavy atom. The molecule has 0 fully saturated rings. The third kappa shape index (κ3) is 11.1. The van der Waals surface area contributed by atoms with Crippen LogP contribution >= 0.6 is 0 Å². The van der Waals surface area contributed by atoms with Gasteiger partial charge in [-0.15, -0.1) is 76.1 Å². The van der Waals surface area contributed by atoms with Crippen LogP contribution in [-0.4, -0.2) is 9.52 Å². The third-order valence-electron chi connectivity index (χ3n) is 5.72. The molecule has 4 heteroatoms. The summed E-state index contributed by atoms with van der Waals surface area (Å²) in [4.78, 5) is 0. The largest absolute Gasteiger partial charge is 4.00 e. The van der Waals surface area contributed by atoms with Crippen LogP contribution in [0.15, 0.2) is 72.8 Å². The van der Waals surface area contributed by atoms with E-state index >= 15 is 0 Å². The van der Waals surface area contributed by atoms with Crippen molar-refractivity contribution >= 4 is 31.1 Å². The van der Waals surface area contributed by atoms with Gasteiger partial charge in [0.1, 0.15) is 0 Å². The summed E-state index contributed by atoms with van der Waals surface area (Å²) in [6.45, 7) is 11.1. The molecule has 0 bridgehead atoms. The maximum absolute atomic E-state index is 2.32. The fraction of sp³-hybridized carbons (Fsp3) is 0.379. The van der Waals surface area contributed by atoms with Crippen LogP contribution in [0.3, 0.4) is 0 Å². The number of rotatable bonds is 6. The molecule has 0 aliphatic rings. The fourth-order valence-corrected chi connectivity index (χ4v) is 3.95. The third-order valence-corrected chi connectivity index (χ3v) is 5.72. The van der Waals surface area contributed by atoms with E-state index in [0.29, 0.717) is 0 Å². The summed E-state index contributed by atoms with van der Waals surface area (Å²) in [5.41, 5.74) is 2.92. The monoisotopic (exact) mass is 574 g/mol. The SMILES string of the molecule is CCCCC(CC)Cc1c[cH-]c2ccccc12.C[Si]C.Cc1c[cH-]c2ccccc12.[Cl-].[Cl-].[Zr+4]. The number of benzene rings is 2. The Kier molecular flexibility index (Phi) is 20.5. The smallest absolute Gasteiger partial charge is 1.00 e. The molecule has 4 aromatic carbocycles. The van der Waals surface area contributed by atoms with Crippen molar-refractivity contribution in [2.45, 2.75) is 66.0 Å². The molecule has 0 saturated heterocycles. The van der Waals surface area contributed by atoms with Crippen LogP contribution in [-0.2, 0) is 32.6 Å². The van der Waals surface area contributed by atoms with Crippen molar-refractivity contribution in [3.05, 3.63) is 83.9 Å². The van der Waals surface area contributed by atoms with Crippen LogP contribution in [0, 0.1) is 12.8 Å². The van der Waals surface area contributed by atoms with Crippen molar-refractivity contribution in [3.63, 3.8) is 0 Å². The van der Waals surface area contributed by atoms with Gasteiger partial charge >= 0.3 is 26.2 Å². The molecule has 0 N–H and O–H groups in total. The molecule has 0 heterocycles. The van der Waals surface area contributed by atoms with E-state index in [1.165, 1.54) is 59.2 Å². The molecule has 2 radical (unpaired) electrons. The first-order valence-electron chi connectivity index (χ1n) is 11.5. The van der Waals surface area contributed by atoms with Crippen LogP contribution in [0.5, 0.6) is 0 Å². The predicted octanol–water partition coefficient (Wildman–Crippen LogP) is 2.98. The maximum Gasteiger partial charge on any atom is 4.00 e. The van der Waals surface area contributed by atoms with Crippen LogP contribution < -0.4 is 24.8 Å². The Labute approximate surface area is 236 Å². The fourth-order valence-electron chi connectivity index (χ4n) is 3.95. The van der Waals surface area contributed by atoms with Crippen molar-refractivity contribution in [1.82, 2.24) is 0 Å². The molecule has 0 saturated carbocycles. The van der Waals surface area contributed by atoms with Gasteiger partial charge in [-0.1, -0.05) is 78.1 Å². The molecule has 0 aromatic heterocycles. The Hall–Kier alpha value is -0.660. The molecule has 33 heavy (non-hydrogen) atoms. The van der Waals surface area contributed by atoms with Gasteiger partial charge in [-0.2, -0.15) is 17.2 Å². The van der Waals surface area contributed by atoms with Gasteiger partial charge in [0, 0.05) is 9.52 Å². The van der Waals surface area contributed by atoms with Crippen molar-refractivity contribution < 1.29 is 51.0 Å². The van der Waals surface area contributed by atoms with Crippen LogP contribution in [0.2, 0.25) is 13.1 Å². The van der Waals surface area contributed by atoms with E-state index in [0.717, 1.165) is 15.4 Å². The molecule has 4 aromatic rings. The standard InChI is InChI=1S/C17H23.C10H9.C2H6Si.2ClH.Zr/c1-3-5-8-14(4-2)13-16-12-11-15-9-6-7-10-17(15)16;1-8-6-7-9-4-2-3-5-10(8)9;1-3-2;;;/h6-7,9-12,14H,3-5,8,13H2,1-2H3;2-7H,1H3;1-2H3;2*1H;/q2*-1;;;;+4/p-2. The molecule has 176 valence electrons. The van der Waals surface area contributed by atoms with Crippen LogP contribution in [0.25, 0.3) is 21.5 Å².